The third-order valence-corrected chi connectivity index (χ3v) is 6.02. The van der Waals surface area contributed by atoms with E-state index in [1.165, 1.54) is 0 Å². The summed E-state index contributed by atoms with van der Waals surface area (Å²) < 4.78 is 5.46. The molecule has 6 heteroatoms. The number of hydrogen-bond donors (Lipinski definition) is 2. The topological polar surface area (TPSA) is 65.0 Å². The lowest BCUT2D eigenvalue weighted by Crippen LogP contribution is -2.30. The zero-order valence-electron chi connectivity index (χ0n) is 19.7. The molecule has 178 valence electrons. The first kappa shape index (κ1) is 23.8. The maximum absolute atomic E-state index is 12.8. The predicted octanol–water partition coefficient (Wildman–Crippen LogP) is 4.75. The van der Waals surface area contributed by atoms with Crippen LogP contribution in [0.1, 0.15) is 34.8 Å². The van der Waals surface area contributed by atoms with Gasteiger partial charge in [-0.2, -0.15) is 0 Å². The molecule has 3 aromatic rings. The molecule has 3 aromatic carbocycles. The van der Waals surface area contributed by atoms with Gasteiger partial charge in [-0.3, -0.25) is 14.6 Å². The molecule has 1 saturated heterocycles. The maximum Gasteiger partial charge on any atom is 0.255 e. The van der Waals surface area contributed by atoms with Gasteiger partial charge in [-0.15, -0.1) is 0 Å². The minimum absolute atomic E-state index is 0.112. The number of benzene rings is 3. The van der Waals surface area contributed by atoms with Gasteiger partial charge in [-0.05, 0) is 86.1 Å². The molecule has 4 rings (SSSR count). The van der Waals surface area contributed by atoms with E-state index in [9.17, 15) is 9.90 Å². The van der Waals surface area contributed by atoms with Crippen molar-refractivity contribution in [3.63, 3.8) is 0 Å². The third kappa shape index (κ3) is 6.83. The first-order chi connectivity index (χ1) is 16.6. The van der Waals surface area contributed by atoms with Crippen LogP contribution in [0.5, 0.6) is 11.5 Å². The van der Waals surface area contributed by atoms with E-state index in [1.807, 2.05) is 61.5 Å². The number of anilines is 1. The van der Waals surface area contributed by atoms with E-state index in [0.29, 0.717) is 17.9 Å². The summed E-state index contributed by atoms with van der Waals surface area (Å²) in [6.45, 7) is 8.25. The monoisotopic (exact) mass is 459 g/mol. The molecular weight excluding hydrogens is 426 g/mol. The summed E-state index contributed by atoms with van der Waals surface area (Å²) in [4.78, 5) is 17.7. The molecular formula is C28H33N3O3. The Kier molecular flexibility index (Phi) is 8.17. The molecule has 0 bridgehead atoms. The predicted molar refractivity (Wildman–Crippen MR) is 135 cm³/mol. The SMILES string of the molecule is CCOc1ccc(NC(=O)c2cccc(CN3CCCN(Cc4cccc(O)c4)CC3)c2)cc1. The smallest absolute Gasteiger partial charge is 0.255 e. The molecule has 1 amide bonds. The molecule has 0 radical (unpaired) electrons. The van der Waals surface area contributed by atoms with Gasteiger partial charge in [0.15, 0.2) is 0 Å². The number of nitrogens with one attached hydrogen (secondary N) is 1. The minimum Gasteiger partial charge on any atom is -0.508 e. The zero-order valence-corrected chi connectivity index (χ0v) is 19.7. The number of aromatic hydroxyl groups is 1. The highest BCUT2D eigenvalue weighted by Gasteiger charge is 2.16. The lowest BCUT2D eigenvalue weighted by molar-refractivity contribution is 0.102. The van der Waals surface area contributed by atoms with Crippen molar-refractivity contribution in [2.24, 2.45) is 0 Å². The highest BCUT2D eigenvalue weighted by molar-refractivity contribution is 6.04. The molecule has 1 heterocycles. The molecule has 0 aliphatic carbocycles. The fourth-order valence-corrected chi connectivity index (χ4v) is 4.33. The van der Waals surface area contributed by atoms with Crippen molar-refractivity contribution in [2.45, 2.75) is 26.4 Å². The van der Waals surface area contributed by atoms with Crippen LogP contribution < -0.4 is 10.1 Å². The van der Waals surface area contributed by atoms with E-state index < -0.39 is 0 Å². The number of ether oxygens (including phenoxy) is 1. The Bertz CT molecular complexity index is 1080. The molecule has 6 nitrogen and oxygen atoms in total. The summed E-state index contributed by atoms with van der Waals surface area (Å²) >= 11 is 0. The Balaban J connectivity index is 1.31. The lowest BCUT2D eigenvalue weighted by atomic mass is 10.1. The summed E-state index contributed by atoms with van der Waals surface area (Å²) in [7, 11) is 0. The molecule has 1 fully saturated rings. The second kappa shape index (κ2) is 11.7. The van der Waals surface area contributed by atoms with E-state index >= 15 is 0 Å². The van der Waals surface area contributed by atoms with Crippen LogP contribution in [0, 0.1) is 0 Å². The normalized spacial score (nSPS) is 15.0. The molecule has 0 spiro atoms. The maximum atomic E-state index is 12.8. The molecule has 2 N–H and O–H groups in total. The Hall–Kier alpha value is -3.35. The van der Waals surface area contributed by atoms with Crippen LogP contribution >= 0.6 is 0 Å². The van der Waals surface area contributed by atoms with Gasteiger partial charge in [0.2, 0.25) is 0 Å². The summed E-state index contributed by atoms with van der Waals surface area (Å²) in [5.41, 5.74) is 3.69. The van der Waals surface area contributed by atoms with Crippen molar-refractivity contribution in [3.05, 3.63) is 89.5 Å². The van der Waals surface area contributed by atoms with E-state index in [0.717, 1.165) is 68.3 Å². The largest absolute Gasteiger partial charge is 0.508 e. The molecule has 0 aromatic heterocycles. The van der Waals surface area contributed by atoms with Gasteiger partial charge in [0.05, 0.1) is 6.61 Å². The average Bonchev–Trinajstić information content (AvgIpc) is 3.05. The number of carbonyl (C=O) groups is 1. The van der Waals surface area contributed by atoms with Gasteiger partial charge in [-0.25, -0.2) is 0 Å². The van der Waals surface area contributed by atoms with Crippen LogP contribution in [-0.2, 0) is 13.1 Å². The number of phenolic OH excluding ortho intramolecular Hbond substituents is 1. The minimum atomic E-state index is -0.112. The molecule has 0 unspecified atom stereocenters. The van der Waals surface area contributed by atoms with Gasteiger partial charge in [0.1, 0.15) is 11.5 Å². The molecule has 0 saturated carbocycles. The van der Waals surface area contributed by atoms with E-state index in [-0.39, 0.29) is 5.91 Å². The lowest BCUT2D eigenvalue weighted by Gasteiger charge is -2.22. The number of nitrogens with zero attached hydrogens (tertiary/aromatic N) is 2. The molecule has 34 heavy (non-hydrogen) atoms. The second-order valence-corrected chi connectivity index (χ2v) is 8.69. The van der Waals surface area contributed by atoms with Crippen molar-refractivity contribution in [1.29, 1.82) is 0 Å². The van der Waals surface area contributed by atoms with Crippen molar-refractivity contribution in [1.82, 2.24) is 9.80 Å². The van der Waals surface area contributed by atoms with Gasteiger partial charge in [0, 0.05) is 37.4 Å². The van der Waals surface area contributed by atoms with Crippen molar-refractivity contribution < 1.29 is 14.6 Å². The third-order valence-electron chi connectivity index (χ3n) is 6.02. The van der Waals surface area contributed by atoms with Crippen molar-refractivity contribution in [3.8, 4) is 11.5 Å². The first-order valence-corrected chi connectivity index (χ1v) is 11.9. The van der Waals surface area contributed by atoms with Gasteiger partial charge in [0.25, 0.3) is 5.91 Å². The van der Waals surface area contributed by atoms with Gasteiger partial charge < -0.3 is 15.2 Å². The highest BCUT2D eigenvalue weighted by atomic mass is 16.5. The van der Waals surface area contributed by atoms with Crippen LogP contribution in [0.4, 0.5) is 5.69 Å². The number of amides is 1. The van der Waals surface area contributed by atoms with E-state index in [4.69, 9.17) is 4.74 Å². The Morgan fingerprint density at radius 1 is 0.882 bits per heavy atom. The fraction of sp³-hybridized carbons (Fsp3) is 0.321. The number of carbonyl (C=O) groups excluding carboxylic acids is 1. The van der Waals surface area contributed by atoms with Crippen LogP contribution in [-0.4, -0.2) is 53.6 Å². The quantitative estimate of drug-likeness (QED) is 0.509. The molecule has 1 aliphatic rings. The van der Waals surface area contributed by atoms with Gasteiger partial charge in [-0.1, -0.05) is 24.3 Å². The van der Waals surface area contributed by atoms with Gasteiger partial charge >= 0.3 is 0 Å². The average molecular weight is 460 g/mol. The fourth-order valence-electron chi connectivity index (χ4n) is 4.33. The van der Waals surface area contributed by atoms with Crippen LogP contribution in [0.25, 0.3) is 0 Å². The number of phenols is 1. The summed E-state index contributed by atoms with van der Waals surface area (Å²) in [6.07, 6.45) is 1.09. The number of hydrogen-bond acceptors (Lipinski definition) is 5. The highest BCUT2D eigenvalue weighted by Crippen LogP contribution is 2.18. The Labute approximate surface area is 201 Å². The van der Waals surface area contributed by atoms with Crippen LogP contribution in [0.3, 0.4) is 0 Å². The zero-order chi connectivity index (χ0) is 23.8. The Morgan fingerprint density at radius 2 is 1.53 bits per heavy atom. The van der Waals surface area contributed by atoms with Crippen LogP contribution in [0.15, 0.2) is 72.8 Å². The first-order valence-electron chi connectivity index (χ1n) is 11.9. The summed E-state index contributed by atoms with van der Waals surface area (Å²) in [5, 5.41) is 12.7. The van der Waals surface area contributed by atoms with Crippen molar-refractivity contribution in [2.75, 3.05) is 38.1 Å². The van der Waals surface area contributed by atoms with E-state index in [2.05, 4.69) is 27.2 Å². The van der Waals surface area contributed by atoms with E-state index in [1.54, 1.807) is 6.07 Å². The summed E-state index contributed by atoms with van der Waals surface area (Å²) in [5.74, 6) is 1.000. The number of rotatable bonds is 8. The van der Waals surface area contributed by atoms with Crippen molar-refractivity contribution >= 4 is 11.6 Å². The molecule has 0 atom stereocenters. The second-order valence-electron chi connectivity index (χ2n) is 8.69. The van der Waals surface area contributed by atoms with Crippen LogP contribution in [0.2, 0.25) is 0 Å². The Morgan fingerprint density at radius 3 is 2.18 bits per heavy atom. The molecule has 1 aliphatic heterocycles. The standard InChI is InChI=1S/C28H33N3O3/c1-2-34-27-12-10-25(11-13-27)29-28(33)24-8-3-6-22(18-24)20-30-14-5-15-31(17-16-30)21-23-7-4-9-26(32)19-23/h3-4,6-13,18-19,32H,2,5,14-17,20-21H2,1H3,(H,29,33). The summed E-state index contributed by atoms with van der Waals surface area (Å²) in [6, 6.07) is 22.8.